The maximum absolute atomic E-state index is 2.42. The van der Waals surface area contributed by atoms with Gasteiger partial charge in [-0.3, -0.25) is 0 Å². The van der Waals surface area contributed by atoms with Crippen molar-refractivity contribution in [2.24, 2.45) is 0 Å². The molecule has 1 aliphatic rings. The summed E-state index contributed by atoms with van der Waals surface area (Å²) in [5.74, 6) is 0.375. The average molecular weight is 456 g/mol. The van der Waals surface area contributed by atoms with E-state index in [0.717, 1.165) is 6.42 Å². The van der Waals surface area contributed by atoms with Crippen LogP contribution in [0.4, 0.5) is 0 Å². The minimum atomic E-state index is 0. The fourth-order valence-corrected chi connectivity index (χ4v) is 4.37. The monoisotopic (exact) mass is 454 g/mol. The Morgan fingerprint density at radius 1 is 0.889 bits per heavy atom. The summed E-state index contributed by atoms with van der Waals surface area (Å²) in [5.41, 5.74) is 8.71. The van der Waals surface area contributed by atoms with Crippen LogP contribution in [0.5, 0.6) is 0 Å². The molecule has 0 bridgehead atoms. The fraction of sp³-hybridized carbons (Fsp3) is 0.304. The van der Waals surface area contributed by atoms with E-state index in [1.54, 1.807) is 11.1 Å². The molecule has 0 amide bonds. The Morgan fingerprint density at radius 2 is 1.41 bits per heavy atom. The first-order valence-electron chi connectivity index (χ1n) is 8.87. The SMILES string of the molecule is CCCC1=C(C(c2cccc(C)c2)c2cccc(C)c2)CC=[C]1[Ti+3].[Cl-].[Cl-].[Cl-]. The molecule has 0 fully saturated rings. The molecule has 2 aromatic rings. The number of aryl methyl sites for hydroxylation is 2. The van der Waals surface area contributed by atoms with Crippen LogP contribution in [0.15, 0.2) is 69.6 Å². The molecule has 1 aliphatic carbocycles. The van der Waals surface area contributed by atoms with E-state index >= 15 is 0 Å². The maximum atomic E-state index is 2.42. The number of hydrogen-bond donors (Lipinski definition) is 0. The molecule has 3 rings (SSSR count). The Hall–Kier alpha value is -0.496. The van der Waals surface area contributed by atoms with Crippen molar-refractivity contribution >= 4 is 0 Å². The Bertz CT molecular complexity index is 763. The smallest absolute Gasteiger partial charge is 1.00 e. The van der Waals surface area contributed by atoms with Crippen LogP contribution < -0.4 is 37.2 Å². The second-order valence-corrected chi connectivity index (χ2v) is 7.68. The fourth-order valence-electron chi connectivity index (χ4n) is 3.76. The standard InChI is InChI=1S/C23H25.3ClH.Ti/c1-4-8-19-11-7-14-22(19)23(20-12-5-9-17(2)15-20)21-13-6-10-18(3)16-21;;;;/h5-7,9-10,12-13,15-16,23H,4,8,14H2,1-3H3;3*1H;/q;;;;+3/p-3. The van der Waals surface area contributed by atoms with E-state index in [4.69, 9.17) is 0 Å². The van der Waals surface area contributed by atoms with E-state index in [1.165, 1.54) is 39.0 Å². The van der Waals surface area contributed by atoms with Crippen molar-refractivity contribution in [3.63, 3.8) is 0 Å². The van der Waals surface area contributed by atoms with Crippen molar-refractivity contribution in [3.8, 4) is 0 Å². The van der Waals surface area contributed by atoms with Gasteiger partial charge in [-0.2, -0.15) is 0 Å². The van der Waals surface area contributed by atoms with Gasteiger partial charge in [0, 0.05) is 0 Å². The molecule has 0 saturated heterocycles. The summed E-state index contributed by atoms with van der Waals surface area (Å²) in [4.78, 5) is 0. The zero-order chi connectivity index (χ0) is 17.1. The number of rotatable bonds is 5. The van der Waals surface area contributed by atoms with Crippen LogP contribution in [0, 0.1) is 13.8 Å². The Kier molecular flexibility index (Phi) is 11.9. The van der Waals surface area contributed by atoms with Crippen molar-refractivity contribution in [1.82, 2.24) is 0 Å². The summed E-state index contributed by atoms with van der Waals surface area (Å²) in [6, 6.07) is 18.1. The van der Waals surface area contributed by atoms with E-state index in [1.807, 2.05) is 0 Å². The van der Waals surface area contributed by atoms with E-state index in [0.29, 0.717) is 5.92 Å². The van der Waals surface area contributed by atoms with Crippen molar-refractivity contribution in [1.29, 1.82) is 0 Å². The topological polar surface area (TPSA) is 0 Å². The van der Waals surface area contributed by atoms with Gasteiger partial charge >= 0.3 is 158 Å². The quantitative estimate of drug-likeness (QED) is 0.433. The van der Waals surface area contributed by atoms with Crippen LogP contribution >= 0.6 is 0 Å². The van der Waals surface area contributed by atoms with Gasteiger partial charge in [0.15, 0.2) is 0 Å². The molecule has 0 radical (unpaired) electrons. The number of hydrogen-bond acceptors (Lipinski definition) is 0. The van der Waals surface area contributed by atoms with Crippen LogP contribution in [0.25, 0.3) is 0 Å². The molecule has 0 atom stereocenters. The molecule has 142 valence electrons. The first-order valence-corrected chi connectivity index (χ1v) is 9.65. The molecule has 0 aromatic heterocycles. The van der Waals surface area contributed by atoms with Crippen LogP contribution in [-0.4, -0.2) is 0 Å². The van der Waals surface area contributed by atoms with Gasteiger partial charge in [0.05, 0.1) is 0 Å². The summed E-state index contributed by atoms with van der Waals surface area (Å²) in [6.07, 6.45) is 5.90. The summed E-state index contributed by atoms with van der Waals surface area (Å²) in [7, 11) is 0. The van der Waals surface area contributed by atoms with E-state index < -0.39 is 0 Å². The molecule has 27 heavy (non-hydrogen) atoms. The van der Waals surface area contributed by atoms with Crippen LogP contribution in [-0.2, 0) is 20.4 Å². The molecular formula is C23H25Cl3Ti. The van der Waals surface area contributed by atoms with Gasteiger partial charge in [-0.1, -0.05) is 0 Å². The second-order valence-electron chi connectivity index (χ2n) is 6.84. The molecule has 0 heterocycles. The Balaban J connectivity index is 0.00000225. The van der Waals surface area contributed by atoms with Gasteiger partial charge in [0.1, 0.15) is 0 Å². The third kappa shape index (κ3) is 6.24. The van der Waals surface area contributed by atoms with Gasteiger partial charge in [-0.25, -0.2) is 0 Å². The van der Waals surface area contributed by atoms with Crippen LogP contribution in [0.2, 0.25) is 0 Å². The predicted octanol–water partition coefficient (Wildman–Crippen LogP) is -2.62. The minimum absolute atomic E-state index is 0. The average Bonchev–Trinajstić information content (AvgIpc) is 2.90. The zero-order valence-corrected chi connectivity index (χ0v) is 19.9. The molecular weight excluding hydrogens is 430 g/mol. The molecule has 2 aromatic carbocycles. The van der Waals surface area contributed by atoms with Crippen molar-refractivity contribution < 1.29 is 57.7 Å². The van der Waals surface area contributed by atoms with Crippen LogP contribution in [0.3, 0.4) is 0 Å². The number of allylic oxidation sites excluding steroid dienone is 4. The normalized spacial score (nSPS) is 12.9. The van der Waals surface area contributed by atoms with E-state index in [9.17, 15) is 0 Å². The molecule has 0 spiro atoms. The molecule has 4 heteroatoms. The van der Waals surface area contributed by atoms with Gasteiger partial charge in [0.2, 0.25) is 0 Å². The number of halogens is 3. The van der Waals surface area contributed by atoms with Crippen molar-refractivity contribution in [2.45, 2.75) is 46.0 Å². The molecule has 0 saturated carbocycles. The molecule has 0 aliphatic heterocycles. The van der Waals surface area contributed by atoms with E-state index in [2.05, 4.69) is 95.8 Å². The van der Waals surface area contributed by atoms with Gasteiger partial charge in [0.25, 0.3) is 0 Å². The first-order chi connectivity index (χ1) is 11.6. The third-order valence-corrected chi connectivity index (χ3v) is 5.63. The first kappa shape index (κ1) is 26.5. The second kappa shape index (κ2) is 12.1. The third-order valence-electron chi connectivity index (χ3n) is 4.84. The van der Waals surface area contributed by atoms with Crippen LogP contribution in [0.1, 0.15) is 54.4 Å². The molecule has 0 N–H and O–H groups in total. The molecule has 0 nitrogen and oxygen atoms in total. The van der Waals surface area contributed by atoms with Gasteiger partial charge in [-0.05, 0) is 0 Å². The van der Waals surface area contributed by atoms with Gasteiger partial charge in [-0.15, -0.1) is 0 Å². The Labute approximate surface area is 194 Å². The summed E-state index contributed by atoms with van der Waals surface area (Å²) >= 11 is 2.28. The number of benzene rings is 2. The summed E-state index contributed by atoms with van der Waals surface area (Å²) in [6.45, 7) is 6.66. The zero-order valence-electron chi connectivity index (χ0n) is 16.0. The molecule has 0 unspecified atom stereocenters. The van der Waals surface area contributed by atoms with E-state index in [-0.39, 0.29) is 37.2 Å². The van der Waals surface area contributed by atoms with Crippen molar-refractivity contribution in [2.75, 3.05) is 0 Å². The Morgan fingerprint density at radius 3 is 1.85 bits per heavy atom. The maximum Gasteiger partial charge on any atom is -1.00 e. The minimum Gasteiger partial charge on any atom is -1.00 e. The summed E-state index contributed by atoms with van der Waals surface area (Å²) in [5, 5.41) is 0. The largest absolute Gasteiger partial charge is 1.00 e. The van der Waals surface area contributed by atoms with Crippen molar-refractivity contribution in [3.05, 3.63) is 91.9 Å². The summed E-state index contributed by atoms with van der Waals surface area (Å²) < 4.78 is 1.48. The predicted molar refractivity (Wildman–Crippen MR) is 98.8 cm³/mol. The van der Waals surface area contributed by atoms with Gasteiger partial charge < -0.3 is 37.2 Å².